The van der Waals surface area contributed by atoms with Crippen LogP contribution in [-0.4, -0.2) is 12.2 Å². The Morgan fingerprint density at radius 2 is 1.70 bits per heavy atom. The van der Waals surface area contributed by atoms with E-state index in [9.17, 15) is 0 Å². The summed E-state index contributed by atoms with van der Waals surface area (Å²) in [4.78, 5) is 0. The van der Waals surface area contributed by atoms with E-state index in [1.807, 2.05) is 0 Å². The molecule has 0 heterocycles. The molecule has 1 aromatic carbocycles. The van der Waals surface area contributed by atoms with Gasteiger partial charge in [0, 0.05) is 6.61 Å². The van der Waals surface area contributed by atoms with Gasteiger partial charge in [-0.3, -0.25) is 0 Å². The van der Waals surface area contributed by atoms with Gasteiger partial charge in [0.1, 0.15) is 0 Å². The van der Waals surface area contributed by atoms with Crippen molar-refractivity contribution in [3.05, 3.63) is 35.4 Å². The molecule has 0 saturated heterocycles. The molecular weight excluding hydrogens is 244 g/mol. The summed E-state index contributed by atoms with van der Waals surface area (Å²) in [5.41, 5.74) is 2.96. The second kappa shape index (κ2) is 8.46. The molecule has 1 aromatic rings. The average Bonchev–Trinajstić information content (AvgIpc) is 2.36. The molecule has 0 radical (unpaired) electrons. The SMILES string of the molecule is CC(C)c1cccc(CCCCCCOC(C)(C)C)c1. The molecule has 0 saturated carbocycles. The van der Waals surface area contributed by atoms with E-state index in [2.05, 4.69) is 58.9 Å². The maximum Gasteiger partial charge on any atom is 0.0598 e. The highest BCUT2D eigenvalue weighted by molar-refractivity contribution is 5.25. The van der Waals surface area contributed by atoms with Gasteiger partial charge in [-0.2, -0.15) is 0 Å². The van der Waals surface area contributed by atoms with Crippen LogP contribution in [0.3, 0.4) is 0 Å². The van der Waals surface area contributed by atoms with Crippen LogP contribution in [0.5, 0.6) is 0 Å². The fourth-order valence-corrected chi connectivity index (χ4v) is 2.27. The standard InChI is InChI=1S/C19H32O/c1-16(2)18-13-10-12-17(15-18)11-8-6-7-9-14-20-19(3,4)5/h10,12-13,15-16H,6-9,11,14H2,1-5H3. The van der Waals surface area contributed by atoms with Crippen LogP contribution in [-0.2, 0) is 11.2 Å². The monoisotopic (exact) mass is 276 g/mol. The Bertz CT molecular complexity index is 374. The molecule has 1 nitrogen and oxygen atoms in total. The van der Waals surface area contributed by atoms with Crippen LogP contribution in [0.1, 0.15) is 77.3 Å². The second-order valence-electron chi connectivity index (χ2n) is 7.02. The number of hydrogen-bond acceptors (Lipinski definition) is 1. The molecule has 0 aliphatic rings. The van der Waals surface area contributed by atoms with Gasteiger partial charge in [-0.05, 0) is 57.1 Å². The summed E-state index contributed by atoms with van der Waals surface area (Å²) in [5.74, 6) is 0.629. The van der Waals surface area contributed by atoms with Crippen molar-refractivity contribution >= 4 is 0 Å². The number of unbranched alkanes of at least 4 members (excludes halogenated alkanes) is 3. The summed E-state index contributed by atoms with van der Waals surface area (Å²) < 4.78 is 5.74. The van der Waals surface area contributed by atoms with E-state index in [0.717, 1.165) is 6.61 Å². The molecule has 1 heteroatoms. The fourth-order valence-electron chi connectivity index (χ4n) is 2.27. The molecule has 0 aromatic heterocycles. The Labute approximate surface area is 125 Å². The van der Waals surface area contributed by atoms with Gasteiger partial charge >= 0.3 is 0 Å². The lowest BCUT2D eigenvalue weighted by Gasteiger charge is -2.19. The molecule has 0 aliphatic carbocycles. The Balaban J connectivity index is 2.14. The zero-order valence-corrected chi connectivity index (χ0v) is 14.0. The van der Waals surface area contributed by atoms with Crippen molar-refractivity contribution in [1.82, 2.24) is 0 Å². The number of hydrogen-bond donors (Lipinski definition) is 0. The van der Waals surface area contributed by atoms with Crippen molar-refractivity contribution in [3.63, 3.8) is 0 Å². The van der Waals surface area contributed by atoms with Gasteiger partial charge in [0.05, 0.1) is 5.60 Å². The molecule has 114 valence electrons. The summed E-state index contributed by atoms with van der Waals surface area (Å²) in [6, 6.07) is 9.06. The highest BCUT2D eigenvalue weighted by atomic mass is 16.5. The van der Waals surface area contributed by atoms with Crippen LogP contribution >= 0.6 is 0 Å². The Morgan fingerprint density at radius 1 is 1.00 bits per heavy atom. The number of rotatable bonds is 8. The average molecular weight is 276 g/mol. The van der Waals surface area contributed by atoms with E-state index in [0.29, 0.717) is 5.92 Å². The first kappa shape index (κ1) is 17.2. The minimum Gasteiger partial charge on any atom is -0.376 e. The van der Waals surface area contributed by atoms with Gasteiger partial charge in [0.15, 0.2) is 0 Å². The van der Waals surface area contributed by atoms with E-state index in [-0.39, 0.29) is 5.60 Å². The molecule has 0 N–H and O–H groups in total. The lowest BCUT2D eigenvalue weighted by molar-refractivity contribution is -0.00473. The van der Waals surface area contributed by atoms with E-state index in [1.165, 1.54) is 43.2 Å². The van der Waals surface area contributed by atoms with Crippen LogP contribution in [0.4, 0.5) is 0 Å². The van der Waals surface area contributed by atoms with Crippen LogP contribution in [0, 0.1) is 0 Å². The lowest BCUT2D eigenvalue weighted by Crippen LogP contribution is -2.19. The van der Waals surface area contributed by atoms with Gasteiger partial charge in [0.2, 0.25) is 0 Å². The normalized spacial score (nSPS) is 12.1. The van der Waals surface area contributed by atoms with E-state index in [4.69, 9.17) is 4.74 Å². The first-order valence-electron chi connectivity index (χ1n) is 8.11. The molecular formula is C19H32O. The minimum absolute atomic E-state index is 0.0112. The second-order valence-corrected chi connectivity index (χ2v) is 7.02. The van der Waals surface area contributed by atoms with Gasteiger partial charge in [-0.25, -0.2) is 0 Å². The van der Waals surface area contributed by atoms with Crippen molar-refractivity contribution in [2.45, 2.75) is 78.2 Å². The predicted molar refractivity (Wildman–Crippen MR) is 88.4 cm³/mol. The molecule has 0 atom stereocenters. The first-order chi connectivity index (χ1) is 9.38. The van der Waals surface area contributed by atoms with E-state index in [1.54, 1.807) is 0 Å². The maximum absolute atomic E-state index is 5.74. The third kappa shape index (κ3) is 7.69. The molecule has 0 bridgehead atoms. The van der Waals surface area contributed by atoms with Gasteiger partial charge in [0.25, 0.3) is 0 Å². The minimum atomic E-state index is 0.0112. The van der Waals surface area contributed by atoms with Gasteiger partial charge in [-0.15, -0.1) is 0 Å². The summed E-state index contributed by atoms with van der Waals surface area (Å²) in [6.07, 6.45) is 6.26. The largest absolute Gasteiger partial charge is 0.376 e. The molecule has 0 fully saturated rings. The topological polar surface area (TPSA) is 9.23 Å². The fraction of sp³-hybridized carbons (Fsp3) is 0.684. The van der Waals surface area contributed by atoms with Crippen LogP contribution in [0.25, 0.3) is 0 Å². The number of benzene rings is 1. The lowest BCUT2D eigenvalue weighted by atomic mass is 9.98. The third-order valence-corrected chi connectivity index (χ3v) is 3.51. The number of aryl methyl sites for hydroxylation is 1. The third-order valence-electron chi connectivity index (χ3n) is 3.51. The summed E-state index contributed by atoms with van der Waals surface area (Å²) in [6.45, 7) is 11.8. The predicted octanol–water partition coefficient (Wildman–Crippen LogP) is 5.73. The smallest absolute Gasteiger partial charge is 0.0598 e. The molecule has 0 amide bonds. The van der Waals surface area contributed by atoms with Crippen molar-refractivity contribution in [2.75, 3.05) is 6.61 Å². The highest BCUT2D eigenvalue weighted by Crippen LogP contribution is 2.17. The van der Waals surface area contributed by atoms with Crippen LogP contribution in [0.15, 0.2) is 24.3 Å². The zero-order chi connectivity index (χ0) is 15.0. The molecule has 1 rings (SSSR count). The van der Waals surface area contributed by atoms with Crippen molar-refractivity contribution in [3.8, 4) is 0 Å². The Morgan fingerprint density at radius 3 is 2.35 bits per heavy atom. The summed E-state index contributed by atoms with van der Waals surface area (Å²) in [5, 5.41) is 0. The molecule has 0 aliphatic heterocycles. The van der Waals surface area contributed by atoms with E-state index >= 15 is 0 Å². The zero-order valence-electron chi connectivity index (χ0n) is 14.0. The quantitative estimate of drug-likeness (QED) is 0.551. The first-order valence-corrected chi connectivity index (χ1v) is 8.11. The van der Waals surface area contributed by atoms with Crippen molar-refractivity contribution < 1.29 is 4.74 Å². The number of ether oxygens (including phenoxy) is 1. The van der Waals surface area contributed by atoms with E-state index < -0.39 is 0 Å². The Hall–Kier alpha value is -0.820. The highest BCUT2D eigenvalue weighted by Gasteiger charge is 2.08. The van der Waals surface area contributed by atoms with Gasteiger partial charge in [-0.1, -0.05) is 51.0 Å². The van der Waals surface area contributed by atoms with Crippen molar-refractivity contribution in [1.29, 1.82) is 0 Å². The maximum atomic E-state index is 5.74. The van der Waals surface area contributed by atoms with Crippen LogP contribution in [0.2, 0.25) is 0 Å². The Kier molecular flexibility index (Phi) is 7.29. The molecule has 20 heavy (non-hydrogen) atoms. The van der Waals surface area contributed by atoms with Crippen LogP contribution < -0.4 is 0 Å². The van der Waals surface area contributed by atoms with Crippen molar-refractivity contribution in [2.24, 2.45) is 0 Å². The molecule has 0 spiro atoms. The summed E-state index contributed by atoms with van der Waals surface area (Å²) >= 11 is 0. The van der Waals surface area contributed by atoms with Gasteiger partial charge < -0.3 is 4.74 Å². The molecule has 0 unspecified atom stereocenters. The summed E-state index contributed by atoms with van der Waals surface area (Å²) in [7, 11) is 0.